The van der Waals surface area contributed by atoms with E-state index in [1.807, 2.05) is 19.0 Å². The number of hydrogen-bond donors (Lipinski definition) is 2. The van der Waals surface area contributed by atoms with E-state index in [1.165, 1.54) is 0 Å². The fourth-order valence-electron chi connectivity index (χ4n) is 0.462. The molecule has 0 aromatic heterocycles. The van der Waals surface area contributed by atoms with Crippen LogP contribution in [0.25, 0.3) is 0 Å². The molecule has 0 bridgehead atoms. The van der Waals surface area contributed by atoms with Gasteiger partial charge in [0.15, 0.2) is 0 Å². The Bertz CT molecular complexity index is 102. The first-order valence-electron chi connectivity index (χ1n) is 2.59. The summed E-state index contributed by atoms with van der Waals surface area (Å²) in [5, 5.41) is 0. The Hall–Kier alpha value is 0.750. The summed E-state index contributed by atoms with van der Waals surface area (Å²) in [6.07, 6.45) is 0. The Morgan fingerprint density at radius 3 is 2.11 bits per heavy atom. The molecular weight excluding hydrogens is 170 g/mol. The van der Waals surface area contributed by atoms with Gasteiger partial charge in [-0.05, 0) is 14.1 Å². The first kappa shape index (κ1) is 9.75. The molecule has 1 atom stereocenters. The van der Waals surface area contributed by atoms with Crippen molar-refractivity contribution in [2.45, 2.75) is 6.04 Å². The molecule has 0 rings (SSSR count). The molecule has 0 radical (unpaired) electrons. The van der Waals surface area contributed by atoms with Gasteiger partial charge in [0, 0.05) is 5.75 Å². The quantitative estimate of drug-likeness (QED) is 0.496. The first-order valence-corrected chi connectivity index (χ1v) is 4.08. The summed E-state index contributed by atoms with van der Waals surface area (Å²) in [5.74, 6) is 0.731. The molecule has 0 aromatic carbocycles. The van der Waals surface area contributed by atoms with Gasteiger partial charge < -0.3 is 4.90 Å². The van der Waals surface area contributed by atoms with Crippen LogP contribution in [0.5, 0.6) is 0 Å². The van der Waals surface area contributed by atoms with Crippen molar-refractivity contribution in [1.29, 1.82) is 0 Å². The van der Waals surface area contributed by atoms with Crippen molar-refractivity contribution in [1.82, 2.24) is 4.90 Å². The Morgan fingerprint density at radius 1 is 1.67 bits per heavy atom. The number of thiocarbonyl (C=S) groups is 1. The standard InChI is InChI=1S/C5H11NS3/c1-6(2)4(3-7)5(8)9/h4,7H,3H2,1-2H3,(H,8,9)/t4-/m0/s1. The van der Waals surface area contributed by atoms with Crippen molar-refractivity contribution in [3.05, 3.63) is 0 Å². The second-order valence-electron chi connectivity index (χ2n) is 2.00. The van der Waals surface area contributed by atoms with Crippen molar-refractivity contribution in [3.8, 4) is 0 Å². The summed E-state index contributed by atoms with van der Waals surface area (Å²) >= 11 is 13.0. The highest BCUT2D eigenvalue weighted by molar-refractivity contribution is 8.11. The lowest BCUT2D eigenvalue weighted by Crippen LogP contribution is -2.33. The Morgan fingerprint density at radius 2 is 2.11 bits per heavy atom. The van der Waals surface area contributed by atoms with Gasteiger partial charge in [0.25, 0.3) is 0 Å². The van der Waals surface area contributed by atoms with Gasteiger partial charge in [-0.2, -0.15) is 12.6 Å². The maximum Gasteiger partial charge on any atom is 0.0628 e. The average Bonchev–Trinajstić information content (AvgIpc) is 1.64. The average molecular weight is 181 g/mol. The Balaban J connectivity index is 3.83. The van der Waals surface area contributed by atoms with E-state index in [0.29, 0.717) is 4.20 Å². The van der Waals surface area contributed by atoms with Crippen molar-refractivity contribution >= 4 is 41.7 Å². The van der Waals surface area contributed by atoms with E-state index in [2.05, 4.69) is 25.3 Å². The molecule has 1 nitrogen and oxygen atoms in total. The molecule has 0 spiro atoms. The smallest absolute Gasteiger partial charge is 0.0628 e. The molecule has 0 aliphatic heterocycles. The Kier molecular flexibility index (Phi) is 4.93. The molecule has 0 saturated carbocycles. The van der Waals surface area contributed by atoms with Gasteiger partial charge in [-0.1, -0.05) is 12.2 Å². The summed E-state index contributed by atoms with van der Waals surface area (Å²) in [5.41, 5.74) is 0. The maximum absolute atomic E-state index is 4.87. The van der Waals surface area contributed by atoms with Gasteiger partial charge in [-0.25, -0.2) is 0 Å². The summed E-state index contributed by atoms with van der Waals surface area (Å²) in [6, 6.07) is 0.215. The van der Waals surface area contributed by atoms with Gasteiger partial charge in [0.1, 0.15) is 0 Å². The predicted octanol–water partition coefficient (Wildman–Crippen LogP) is 1.10. The summed E-state index contributed by atoms with van der Waals surface area (Å²) in [7, 11) is 3.92. The van der Waals surface area contributed by atoms with E-state index < -0.39 is 0 Å². The van der Waals surface area contributed by atoms with Crippen molar-refractivity contribution < 1.29 is 0 Å². The molecule has 0 unspecified atom stereocenters. The van der Waals surface area contributed by atoms with Gasteiger partial charge in [-0.15, -0.1) is 12.6 Å². The van der Waals surface area contributed by atoms with Crippen LogP contribution in [0, 0.1) is 0 Å². The molecule has 0 aliphatic rings. The van der Waals surface area contributed by atoms with Gasteiger partial charge >= 0.3 is 0 Å². The lowest BCUT2D eigenvalue weighted by Gasteiger charge is -2.19. The van der Waals surface area contributed by atoms with Crippen LogP contribution in [0.3, 0.4) is 0 Å². The van der Waals surface area contributed by atoms with Crippen molar-refractivity contribution in [2.75, 3.05) is 19.8 Å². The summed E-state index contributed by atoms with van der Waals surface area (Å²) in [4.78, 5) is 2.00. The van der Waals surface area contributed by atoms with Crippen LogP contribution in [-0.2, 0) is 0 Å². The van der Waals surface area contributed by atoms with Crippen LogP contribution in [0.2, 0.25) is 0 Å². The van der Waals surface area contributed by atoms with Gasteiger partial charge in [0.05, 0.1) is 10.2 Å². The third-order valence-corrected chi connectivity index (χ3v) is 2.00. The van der Waals surface area contributed by atoms with Gasteiger partial charge in [-0.3, -0.25) is 0 Å². The van der Waals surface area contributed by atoms with Gasteiger partial charge in [0.2, 0.25) is 0 Å². The zero-order chi connectivity index (χ0) is 7.44. The van der Waals surface area contributed by atoms with Crippen LogP contribution in [0.15, 0.2) is 0 Å². The van der Waals surface area contributed by atoms with Crippen LogP contribution in [0.4, 0.5) is 0 Å². The SMILES string of the molecule is CN(C)[C@@H](CS)C(=S)S. The summed E-state index contributed by atoms with van der Waals surface area (Å²) < 4.78 is 0.704. The van der Waals surface area contributed by atoms with Crippen molar-refractivity contribution in [2.24, 2.45) is 0 Å². The van der Waals surface area contributed by atoms with E-state index in [4.69, 9.17) is 12.2 Å². The fourth-order valence-corrected chi connectivity index (χ4v) is 1.86. The molecule has 4 heteroatoms. The second-order valence-corrected chi connectivity index (χ2v) is 3.59. The van der Waals surface area contributed by atoms with Crippen LogP contribution in [0.1, 0.15) is 0 Å². The van der Waals surface area contributed by atoms with E-state index in [9.17, 15) is 0 Å². The number of thiol groups is 2. The minimum absolute atomic E-state index is 0.215. The van der Waals surface area contributed by atoms with Crippen molar-refractivity contribution in [3.63, 3.8) is 0 Å². The molecule has 0 aromatic rings. The topological polar surface area (TPSA) is 3.24 Å². The third-order valence-electron chi connectivity index (χ3n) is 1.08. The molecule has 0 heterocycles. The highest BCUT2D eigenvalue weighted by Crippen LogP contribution is 2.02. The lowest BCUT2D eigenvalue weighted by molar-refractivity contribution is 0.392. The van der Waals surface area contributed by atoms with Crippen LogP contribution < -0.4 is 0 Å². The molecular formula is C5H11NS3. The lowest BCUT2D eigenvalue weighted by atomic mass is 10.4. The normalized spacial score (nSPS) is 13.9. The molecule has 0 fully saturated rings. The third kappa shape index (κ3) is 3.45. The molecule has 9 heavy (non-hydrogen) atoms. The maximum atomic E-state index is 4.87. The second kappa shape index (κ2) is 4.55. The van der Waals surface area contributed by atoms with E-state index in [1.54, 1.807) is 0 Å². The van der Waals surface area contributed by atoms with E-state index in [0.717, 1.165) is 5.75 Å². The molecule has 54 valence electrons. The predicted molar refractivity (Wildman–Crippen MR) is 52.9 cm³/mol. The zero-order valence-electron chi connectivity index (χ0n) is 5.53. The molecule has 0 saturated heterocycles. The molecule has 0 aliphatic carbocycles. The zero-order valence-corrected chi connectivity index (χ0v) is 8.14. The fraction of sp³-hybridized carbons (Fsp3) is 0.800. The highest BCUT2D eigenvalue weighted by Gasteiger charge is 2.10. The number of nitrogens with zero attached hydrogens (tertiary/aromatic N) is 1. The minimum Gasteiger partial charge on any atom is -0.300 e. The molecule has 0 amide bonds. The highest BCUT2D eigenvalue weighted by atomic mass is 32.1. The minimum atomic E-state index is 0.215. The summed E-state index contributed by atoms with van der Waals surface area (Å²) in [6.45, 7) is 0. The van der Waals surface area contributed by atoms with E-state index >= 15 is 0 Å². The number of hydrogen-bond acceptors (Lipinski definition) is 3. The molecule has 0 N–H and O–H groups in total. The largest absolute Gasteiger partial charge is 0.300 e. The number of rotatable bonds is 3. The first-order chi connectivity index (χ1) is 4.09. The Labute approximate surface area is 72.6 Å². The monoisotopic (exact) mass is 181 g/mol. The van der Waals surface area contributed by atoms with Crippen LogP contribution in [-0.4, -0.2) is 35.0 Å². The van der Waals surface area contributed by atoms with Crippen LogP contribution >= 0.6 is 37.5 Å². The van der Waals surface area contributed by atoms with E-state index in [-0.39, 0.29) is 6.04 Å².